The first kappa shape index (κ1) is 13.7. The SMILES string of the molecule is CC(CCC(=O)NN)Oc1ccc(F)c(Cl)c1. The number of carbonyl (C=O) groups is 1. The molecule has 0 saturated carbocycles. The number of ether oxygens (including phenoxy) is 1. The molecule has 0 aliphatic rings. The lowest BCUT2D eigenvalue weighted by molar-refractivity contribution is -0.121. The molecule has 0 aliphatic carbocycles. The number of amides is 1. The third kappa shape index (κ3) is 4.58. The molecule has 4 nitrogen and oxygen atoms in total. The maximum absolute atomic E-state index is 12.9. The minimum atomic E-state index is -0.492. The van der Waals surface area contributed by atoms with E-state index in [1.807, 2.05) is 5.43 Å². The second-order valence-electron chi connectivity index (χ2n) is 3.61. The van der Waals surface area contributed by atoms with Gasteiger partial charge in [-0.1, -0.05) is 11.6 Å². The molecule has 3 N–H and O–H groups in total. The Hall–Kier alpha value is -1.33. The highest BCUT2D eigenvalue weighted by Gasteiger charge is 2.08. The number of carbonyl (C=O) groups excluding carboxylic acids is 1. The van der Waals surface area contributed by atoms with E-state index in [1.54, 1.807) is 6.92 Å². The first-order valence-corrected chi connectivity index (χ1v) is 5.52. The summed E-state index contributed by atoms with van der Waals surface area (Å²) in [5.74, 6) is 4.67. The average Bonchev–Trinajstić information content (AvgIpc) is 2.31. The van der Waals surface area contributed by atoms with E-state index in [1.165, 1.54) is 18.2 Å². The maximum Gasteiger partial charge on any atom is 0.234 e. The molecule has 1 amide bonds. The lowest BCUT2D eigenvalue weighted by Gasteiger charge is -2.14. The van der Waals surface area contributed by atoms with Crippen LogP contribution < -0.4 is 16.0 Å². The number of hydrazine groups is 1. The summed E-state index contributed by atoms with van der Waals surface area (Å²) in [7, 11) is 0. The lowest BCUT2D eigenvalue weighted by atomic mass is 10.2. The molecule has 94 valence electrons. The molecule has 0 aromatic heterocycles. The predicted octanol–water partition coefficient (Wildman–Crippen LogP) is 2.02. The molecule has 1 rings (SSSR count). The van der Waals surface area contributed by atoms with Crippen molar-refractivity contribution < 1.29 is 13.9 Å². The number of benzene rings is 1. The van der Waals surface area contributed by atoms with Gasteiger partial charge in [-0.15, -0.1) is 0 Å². The van der Waals surface area contributed by atoms with Gasteiger partial charge in [0.05, 0.1) is 11.1 Å². The van der Waals surface area contributed by atoms with E-state index in [0.29, 0.717) is 12.2 Å². The standard InChI is InChI=1S/C11H14ClFN2O2/c1-7(2-5-11(16)15-14)17-8-3-4-10(13)9(12)6-8/h3-4,6-7H,2,5,14H2,1H3,(H,15,16). The smallest absolute Gasteiger partial charge is 0.234 e. The normalized spacial score (nSPS) is 12.0. The van der Waals surface area contributed by atoms with Gasteiger partial charge in [0.1, 0.15) is 11.6 Å². The molecule has 1 atom stereocenters. The zero-order valence-corrected chi connectivity index (χ0v) is 10.1. The number of halogens is 2. The Balaban J connectivity index is 2.47. The summed E-state index contributed by atoms with van der Waals surface area (Å²) in [6, 6.07) is 4.12. The van der Waals surface area contributed by atoms with Gasteiger partial charge in [-0.2, -0.15) is 0 Å². The van der Waals surface area contributed by atoms with Crippen molar-refractivity contribution in [3.05, 3.63) is 29.0 Å². The summed E-state index contributed by atoms with van der Waals surface area (Å²) in [4.78, 5) is 10.9. The summed E-state index contributed by atoms with van der Waals surface area (Å²) in [5, 5.41) is 0.00870. The highest BCUT2D eigenvalue weighted by Crippen LogP contribution is 2.22. The van der Waals surface area contributed by atoms with E-state index >= 15 is 0 Å². The minimum Gasteiger partial charge on any atom is -0.491 e. The first-order valence-electron chi connectivity index (χ1n) is 5.14. The summed E-state index contributed by atoms with van der Waals surface area (Å²) in [6.07, 6.45) is 0.596. The van der Waals surface area contributed by atoms with Crippen LogP contribution in [0.2, 0.25) is 5.02 Å². The topological polar surface area (TPSA) is 64.4 Å². The zero-order valence-electron chi connectivity index (χ0n) is 9.37. The van der Waals surface area contributed by atoms with E-state index < -0.39 is 5.82 Å². The highest BCUT2D eigenvalue weighted by molar-refractivity contribution is 6.30. The molecule has 0 spiro atoms. The molecule has 6 heteroatoms. The van der Waals surface area contributed by atoms with E-state index in [-0.39, 0.29) is 23.5 Å². The van der Waals surface area contributed by atoms with Crippen molar-refractivity contribution in [3.63, 3.8) is 0 Å². The Morgan fingerprint density at radius 1 is 1.65 bits per heavy atom. The Morgan fingerprint density at radius 3 is 2.94 bits per heavy atom. The number of hydrogen-bond acceptors (Lipinski definition) is 3. The van der Waals surface area contributed by atoms with E-state index in [2.05, 4.69) is 0 Å². The molecule has 0 fully saturated rings. The third-order valence-electron chi connectivity index (χ3n) is 2.17. The van der Waals surface area contributed by atoms with Crippen LogP contribution in [-0.2, 0) is 4.79 Å². The number of nitrogens with two attached hydrogens (primary N) is 1. The zero-order chi connectivity index (χ0) is 12.8. The molecule has 0 heterocycles. The van der Waals surface area contributed by atoms with Gasteiger partial charge in [0.15, 0.2) is 0 Å². The van der Waals surface area contributed by atoms with E-state index in [4.69, 9.17) is 22.2 Å². The van der Waals surface area contributed by atoms with Gasteiger partial charge in [0.2, 0.25) is 5.91 Å². The second-order valence-corrected chi connectivity index (χ2v) is 4.02. The van der Waals surface area contributed by atoms with Crippen molar-refractivity contribution >= 4 is 17.5 Å². The van der Waals surface area contributed by atoms with Crippen LogP contribution in [0.3, 0.4) is 0 Å². The van der Waals surface area contributed by atoms with Gasteiger partial charge in [-0.25, -0.2) is 10.2 Å². The molecule has 0 bridgehead atoms. The monoisotopic (exact) mass is 260 g/mol. The largest absolute Gasteiger partial charge is 0.491 e. The molecule has 1 unspecified atom stereocenters. The van der Waals surface area contributed by atoms with Gasteiger partial charge in [-0.3, -0.25) is 10.2 Å². The Kier molecular flexibility index (Phi) is 5.18. The summed E-state index contributed by atoms with van der Waals surface area (Å²) in [6.45, 7) is 1.81. The van der Waals surface area contributed by atoms with Crippen LogP contribution in [-0.4, -0.2) is 12.0 Å². The van der Waals surface area contributed by atoms with Gasteiger partial charge in [-0.05, 0) is 25.5 Å². The Morgan fingerprint density at radius 2 is 2.35 bits per heavy atom. The van der Waals surface area contributed by atoms with Crippen LogP contribution in [0.15, 0.2) is 18.2 Å². The van der Waals surface area contributed by atoms with Crippen LogP contribution in [0, 0.1) is 5.82 Å². The van der Waals surface area contributed by atoms with Crippen molar-refractivity contribution in [1.29, 1.82) is 0 Å². The molecule has 0 saturated heterocycles. The van der Waals surface area contributed by atoms with Gasteiger partial charge in [0.25, 0.3) is 0 Å². The van der Waals surface area contributed by atoms with E-state index in [0.717, 1.165) is 0 Å². The van der Waals surface area contributed by atoms with Crippen molar-refractivity contribution in [2.45, 2.75) is 25.9 Å². The third-order valence-corrected chi connectivity index (χ3v) is 2.46. The van der Waals surface area contributed by atoms with Gasteiger partial charge < -0.3 is 4.74 Å². The Bertz CT molecular complexity index is 401. The molecule has 0 radical (unpaired) electrons. The number of nitrogens with one attached hydrogen (secondary N) is 1. The summed E-state index contributed by atoms with van der Waals surface area (Å²) in [5.41, 5.74) is 2.04. The van der Waals surface area contributed by atoms with Gasteiger partial charge >= 0.3 is 0 Å². The maximum atomic E-state index is 12.9. The highest BCUT2D eigenvalue weighted by atomic mass is 35.5. The minimum absolute atomic E-state index is 0.00870. The van der Waals surface area contributed by atoms with Crippen LogP contribution in [0.25, 0.3) is 0 Å². The number of hydrogen-bond donors (Lipinski definition) is 2. The fraction of sp³-hybridized carbons (Fsp3) is 0.364. The average molecular weight is 261 g/mol. The fourth-order valence-electron chi connectivity index (χ4n) is 1.25. The molecule has 1 aromatic carbocycles. The predicted molar refractivity (Wildman–Crippen MR) is 63.1 cm³/mol. The second kappa shape index (κ2) is 6.42. The first-order chi connectivity index (χ1) is 8.02. The quantitative estimate of drug-likeness (QED) is 0.484. The van der Waals surface area contributed by atoms with Crippen molar-refractivity contribution in [2.24, 2.45) is 5.84 Å². The van der Waals surface area contributed by atoms with Crippen LogP contribution in [0.5, 0.6) is 5.75 Å². The lowest BCUT2D eigenvalue weighted by Crippen LogP contribution is -2.30. The van der Waals surface area contributed by atoms with Crippen LogP contribution in [0.4, 0.5) is 4.39 Å². The fourth-order valence-corrected chi connectivity index (χ4v) is 1.42. The van der Waals surface area contributed by atoms with E-state index in [9.17, 15) is 9.18 Å². The molecule has 0 aliphatic heterocycles. The van der Waals surface area contributed by atoms with Crippen molar-refractivity contribution in [1.82, 2.24) is 5.43 Å². The van der Waals surface area contributed by atoms with Crippen molar-refractivity contribution in [3.8, 4) is 5.75 Å². The van der Waals surface area contributed by atoms with Crippen LogP contribution in [0.1, 0.15) is 19.8 Å². The molecule has 1 aromatic rings. The van der Waals surface area contributed by atoms with Gasteiger partial charge in [0, 0.05) is 12.5 Å². The summed E-state index contributed by atoms with van der Waals surface area (Å²) < 4.78 is 18.4. The molecular formula is C11H14ClFN2O2. The molecular weight excluding hydrogens is 247 g/mol. The summed E-state index contributed by atoms with van der Waals surface area (Å²) >= 11 is 5.61. The molecule has 17 heavy (non-hydrogen) atoms. The van der Waals surface area contributed by atoms with Crippen LogP contribution >= 0.6 is 11.6 Å². The number of rotatable bonds is 5. The van der Waals surface area contributed by atoms with Crippen molar-refractivity contribution in [2.75, 3.05) is 0 Å². The Labute approximate surface area is 104 Å².